The Bertz CT molecular complexity index is 219. The molecule has 2 heterocycles. The molecule has 2 heteroatoms. The summed E-state index contributed by atoms with van der Waals surface area (Å²) in [7, 11) is 0. The molecule has 100 valence electrons. The van der Waals surface area contributed by atoms with Gasteiger partial charge in [-0.05, 0) is 32.2 Å². The minimum Gasteiger partial charge on any atom is -0.375 e. The molecule has 0 radical (unpaired) electrons. The second kappa shape index (κ2) is 6.75. The van der Waals surface area contributed by atoms with Gasteiger partial charge in [0.15, 0.2) is 0 Å². The highest BCUT2D eigenvalue weighted by Gasteiger charge is 2.43. The van der Waals surface area contributed by atoms with E-state index in [0.717, 1.165) is 12.5 Å². The molecule has 0 aliphatic carbocycles. The van der Waals surface area contributed by atoms with Crippen molar-refractivity contribution in [3.05, 3.63) is 0 Å². The molecule has 0 aromatic rings. The van der Waals surface area contributed by atoms with E-state index >= 15 is 0 Å². The Labute approximate surface area is 107 Å². The summed E-state index contributed by atoms with van der Waals surface area (Å²) in [4.78, 5) is 0. The Balaban J connectivity index is 1.76. The number of rotatable bonds is 8. The number of nitrogens with one attached hydrogen (secondary N) is 1. The van der Waals surface area contributed by atoms with Gasteiger partial charge in [-0.25, -0.2) is 0 Å². The first kappa shape index (κ1) is 13.4. The van der Waals surface area contributed by atoms with E-state index in [9.17, 15) is 0 Å². The Morgan fingerprint density at radius 3 is 2.65 bits per heavy atom. The number of ether oxygens (including phenoxy) is 1. The zero-order chi connectivity index (χ0) is 12.1. The molecule has 0 amide bonds. The van der Waals surface area contributed by atoms with Crippen LogP contribution in [-0.2, 0) is 4.74 Å². The SMILES string of the molecule is CCCCCCC(NCC)C1CC2CCC1O2. The van der Waals surface area contributed by atoms with Crippen LogP contribution in [0.25, 0.3) is 0 Å². The summed E-state index contributed by atoms with van der Waals surface area (Å²) in [6.07, 6.45) is 12.0. The Hall–Kier alpha value is -0.0800. The summed E-state index contributed by atoms with van der Waals surface area (Å²) in [5.74, 6) is 0.801. The van der Waals surface area contributed by atoms with Crippen molar-refractivity contribution in [2.45, 2.75) is 83.5 Å². The molecule has 2 nitrogen and oxygen atoms in total. The molecule has 2 rings (SSSR count). The van der Waals surface area contributed by atoms with Crippen LogP contribution < -0.4 is 5.32 Å². The standard InChI is InChI=1S/C15H29NO/c1-3-5-6-7-8-14(16-4-2)13-11-12-9-10-15(13)17-12/h12-16H,3-11H2,1-2H3. The van der Waals surface area contributed by atoms with E-state index in [-0.39, 0.29) is 0 Å². The highest BCUT2D eigenvalue weighted by atomic mass is 16.5. The minimum absolute atomic E-state index is 0.579. The molecule has 2 fully saturated rings. The Kier molecular flexibility index (Phi) is 5.30. The van der Waals surface area contributed by atoms with E-state index in [2.05, 4.69) is 19.2 Å². The normalized spacial score (nSPS) is 33.2. The molecule has 2 aliphatic heterocycles. The molecule has 2 bridgehead atoms. The van der Waals surface area contributed by atoms with Crippen LogP contribution in [0.5, 0.6) is 0 Å². The van der Waals surface area contributed by atoms with Crippen molar-refractivity contribution in [2.24, 2.45) is 5.92 Å². The lowest BCUT2D eigenvalue weighted by molar-refractivity contribution is 0.0848. The van der Waals surface area contributed by atoms with E-state index in [1.807, 2.05) is 0 Å². The lowest BCUT2D eigenvalue weighted by Crippen LogP contribution is -2.40. The first-order valence-corrected chi connectivity index (χ1v) is 7.74. The second-order valence-corrected chi connectivity index (χ2v) is 5.79. The fraction of sp³-hybridized carbons (Fsp3) is 1.00. The lowest BCUT2D eigenvalue weighted by Gasteiger charge is -2.29. The summed E-state index contributed by atoms with van der Waals surface area (Å²) < 4.78 is 6.00. The van der Waals surface area contributed by atoms with Crippen molar-refractivity contribution in [1.29, 1.82) is 0 Å². The van der Waals surface area contributed by atoms with Gasteiger partial charge in [-0.3, -0.25) is 0 Å². The first-order chi connectivity index (χ1) is 8.35. The molecule has 1 N–H and O–H groups in total. The van der Waals surface area contributed by atoms with Gasteiger partial charge in [0.1, 0.15) is 0 Å². The third-order valence-electron chi connectivity index (χ3n) is 4.50. The summed E-state index contributed by atoms with van der Waals surface area (Å²) in [6, 6.07) is 0.715. The van der Waals surface area contributed by atoms with Crippen molar-refractivity contribution < 1.29 is 4.74 Å². The molecule has 2 aliphatic rings. The molecular formula is C15H29NO. The Morgan fingerprint density at radius 2 is 2.06 bits per heavy atom. The first-order valence-electron chi connectivity index (χ1n) is 7.74. The largest absolute Gasteiger partial charge is 0.375 e. The van der Waals surface area contributed by atoms with Gasteiger partial charge in [0.05, 0.1) is 12.2 Å². The average molecular weight is 239 g/mol. The fourth-order valence-electron chi connectivity index (χ4n) is 3.62. The number of hydrogen-bond donors (Lipinski definition) is 1. The average Bonchev–Trinajstić information content (AvgIpc) is 2.95. The summed E-state index contributed by atoms with van der Waals surface area (Å²) >= 11 is 0. The van der Waals surface area contributed by atoms with E-state index in [1.165, 1.54) is 51.4 Å². The summed E-state index contributed by atoms with van der Waals surface area (Å²) in [5, 5.41) is 3.71. The van der Waals surface area contributed by atoms with E-state index in [4.69, 9.17) is 4.74 Å². The van der Waals surface area contributed by atoms with Crippen LogP contribution >= 0.6 is 0 Å². The van der Waals surface area contributed by atoms with Crippen molar-refractivity contribution in [2.75, 3.05) is 6.54 Å². The van der Waals surface area contributed by atoms with Gasteiger partial charge < -0.3 is 10.1 Å². The highest BCUT2D eigenvalue weighted by molar-refractivity contribution is 4.95. The lowest BCUT2D eigenvalue weighted by atomic mass is 9.82. The van der Waals surface area contributed by atoms with E-state index in [0.29, 0.717) is 18.2 Å². The van der Waals surface area contributed by atoms with Crippen LogP contribution in [-0.4, -0.2) is 24.8 Å². The summed E-state index contributed by atoms with van der Waals surface area (Å²) in [5.41, 5.74) is 0. The molecule has 0 aromatic carbocycles. The maximum absolute atomic E-state index is 6.00. The predicted molar refractivity (Wildman–Crippen MR) is 72.2 cm³/mol. The van der Waals surface area contributed by atoms with Crippen LogP contribution in [0.15, 0.2) is 0 Å². The molecule has 4 unspecified atom stereocenters. The van der Waals surface area contributed by atoms with Gasteiger partial charge in [-0.15, -0.1) is 0 Å². The van der Waals surface area contributed by atoms with Crippen molar-refractivity contribution in [1.82, 2.24) is 5.32 Å². The van der Waals surface area contributed by atoms with Gasteiger partial charge in [0.2, 0.25) is 0 Å². The van der Waals surface area contributed by atoms with Crippen molar-refractivity contribution in [3.63, 3.8) is 0 Å². The maximum atomic E-state index is 6.00. The molecule has 2 saturated heterocycles. The molecule has 4 atom stereocenters. The van der Waals surface area contributed by atoms with Crippen LogP contribution in [0.4, 0.5) is 0 Å². The smallest absolute Gasteiger partial charge is 0.0623 e. The molecule has 0 spiro atoms. The third kappa shape index (κ3) is 3.45. The molecule has 0 aromatic heterocycles. The van der Waals surface area contributed by atoms with Crippen LogP contribution in [0.3, 0.4) is 0 Å². The molecule has 0 saturated carbocycles. The third-order valence-corrected chi connectivity index (χ3v) is 4.50. The van der Waals surface area contributed by atoms with Gasteiger partial charge in [-0.2, -0.15) is 0 Å². The van der Waals surface area contributed by atoms with Gasteiger partial charge in [0.25, 0.3) is 0 Å². The second-order valence-electron chi connectivity index (χ2n) is 5.79. The predicted octanol–water partition coefficient (Wildman–Crippen LogP) is 3.50. The minimum atomic E-state index is 0.579. The van der Waals surface area contributed by atoms with E-state index < -0.39 is 0 Å². The zero-order valence-corrected chi connectivity index (χ0v) is 11.6. The highest BCUT2D eigenvalue weighted by Crippen LogP contribution is 2.41. The van der Waals surface area contributed by atoms with Crippen LogP contribution in [0.1, 0.15) is 65.2 Å². The van der Waals surface area contributed by atoms with E-state index in [1.54, 1.807) is 0 Å². The molecule has 17 heavy (non-hydrogen) atoms. The van der Waals surface area contributed by atoms with Gasteiger partial charge in [-0.1, -0.05) is 39.5 Å². The topological polar surface area (TPSA) is 21.3 Å². The maximum Gasteiger partial charge on any atom is 0.0623 e. The Morgan fingerprint density at radius 1 is 1.18 bits per heavy atom. The number of unbranched alkanes of at least 4 members (excludes halogenated alkanes) is 3. The zero-order valence-electron chi connectivity index (χ0n) is 11.6. The number of hydrogen-bond acceptors (Lipinski definition) is 2. The van der Waals surface area contributed by atoms with Crippen LogP contribution in [0.2, 0.25) is 0 Å². The van der Waals surface area contributed by atoms with Gasteiger partial charge >= 0.3 is 0 Å². The fourth-order valence-corrected chi connectivity index (χ4v) is 3.62. The molecular weight excluding hydrogens is 210 g/mol. The quantitative estimate of drug-likeness (QED) is 0.655. The van der Waals surface area contributed by atoms with Gasteiger partial charge in [0, 0.05) is 12.0 Å². The number of fused-ring (bicyclic) bond motifs is 2. The monoisotopic (exact) mass is 239 g/mol. The van der Waals surface area contributed by atoms with Crippen molar-refractivity contribution in [3.8, 4) is 0 Å². The summed E-state index contributed by atoms with van der Waals surface area (Å²) in [6.45, 7) is 5.62. The van der Waals surface area contributed by atoms with Crippen molar-refractivity contribution >= 4 is 0 Å². The van der Waals surface area contributed by atoms with Crippen LogP contribution in [0, 0.1) is 5.92 Å².